The number of rotatable bonds is 10. The third-order valence-electron chi connectivity index (χ3n) is 3.63. The average molecular weight is 273 g/mol. The van der Waals surface area contributed by atoms with Crippen LogP contribution < -0.4 is 5.73 Å². The van der Waals surface area contributed by atoms with Gasteiger partial charge in [-0.3, -0.25) is 0 Å². The van der Waals surface area contributed by atoms with Gasteiger partial charge in [0, 0.05) is 24.6 Å². The van der Waals surface area contributed by atoms with E-state index in [9.17, 15) is 0 Å². The Kier molecular flexibility index (Phi) is 8.76. The van der Waals surface area contributed by atoms with Crippen molar-refractivity contribution in [2.24, 2.45) is 16.3 Å². The van der Waals surface area contributed by atoms with Gasteiger partial charge in [0.1, 0.15) is 5.84 Å². The molecule has 19 heavy (non-hydrogen) atoms. The fourth-order valence-corrected chi connectivity index (χ4v) is 2.05. The van der Waals surface area contributed by atoms with Crippen molar-refractivity contribution in [1.29, 1.82) is 0 Å². The van der Waals surface area contributed by atoms with E-state index in [1.54, 1.807) is 0 Å². The zero-order valence-corrected chi connectivity index (χ0v) is 12.9. The normalized spacial score (nSPS) is 13.5. The third kappa shape index (κ3) is 7.38. The molecule has 0 saturated heterocycles. The van der Waals surface area contributed by atoms with Crippen LogP contribution in [0.4, 0.5) is 0 Å². The molecule has 4 N–H and O–H groups in total. The molecule has 0 saturated carbocycles. The largest absolute Gasteiger partial charge is 0.409 e. The quantitative estimate of drug-likeness (QED) is 0.187. The molecule has 0 heterocycles. The van der Waals surface area contributed by atoms with Crippen LogP contribution in [0.1, 0.15) is 53.4 Å². The Bertz CT molecular complexity index is 265. The van der Waals surface area contributed by atoms with Crippen molar-refractivity contribution in [3.05, 3.63) is 0 Å². The SMILES string of the molecule is CC(C)N(CCCO)CCCCC(C)(C)C(N)=NO. The summed E-state index contributed by atoms with van der Waals surface area (Å²) in [7, 11) is 0. The van der Waals surface area contributed by atoms with E-state index in [0.29, 0.717) is 11.9 Å². The lowest BCUT2D eigenvalue weighted by molar-refractivity contribution is 0.187. The Morgan fingerprint density at radius 2 is 1.79 bits per heavy atom. The summed E-state index contributed by atoms with van der Waals surface area (Å²) in [4.78, 5) is 2.38. The fraction of sp³-hybridized carbons (Fsp3) is 0.929. The lowest BCUT2D eigenvalue weighted by Crippen LogP contribution is -2.34. The summed E-state index contributed by atoms with van der Waals surface area (Å²) in [6, 6.07) is 0.503. The number of amidine groups is 1. The first-order valence-corrected chi connectivity index (χ1v) is 7.18. The molecule has 0 rings (SSSR count). The van der Waals surface area contributed by atoms with Gasteiger partial charge >= 0.3 is 0 Å². The van der Waals surface area contributed by atoms with Crippen LogP contribution in [-0.4, -0.2) is 46.8 Å². The van der Waals surface area contributed by atoms with E-state index in [4.69, 9.17) is 16.0 Å². The first-order chi connectivity index (χ1) is 8.85. The lowest BCUT2D eigenvalue weighted by Gasteiger charge is -2.27. The molecule has 5 heteroatoms. The van der Waals surface area contributed by atoms with Crippen molar-refractivity contribution >= 4 is 5.84 Å². The number of nitrogens with zero attached hydrogens (tertiary/aromatic N) is 2. The zero-order chi connectivity index (χ0) is 14.9. The minimum Gasteiger partial charge on any atom is -0.409 e. The minimum absolute atomic E-state index is 0.248. The number of unbranched alkanes of at least 4 members (excludes halogenated alkanes) is 1. The van der Waals surface area contributed by atoms with Gasteiger partial charge in [0.25, 0.3) is 0 Å². The molecule has 0 unspecified atom stereocenters. The molecule has 0 fully saturated rings. The van der Waals surface area contributed by atoms with E-state index >= 15 is 0 Å². The number of oxime groups is 1. The molecular weight excluding hydrogens is 242 g/mol. The van der Waals surface area contributed by atoms with E-state index in [2.05, 4.69) is 23.9 Å². The Morgan fingerprint density at radius 3 is 2.26 bits per heavy atom. The van der Waals surface area contributed by atoms with Crippen molar-refractivity contribution in [3.8, 4) is 0 Å². The molecule has 0 aromatic rings. The predicted octanol–water partition coefficient (Wildman–Crippen LogP) is 2.02. The van der Waals surface area contributed by atoms with Gasteiger partial charge < -0.3 is 20.9 Å². The summed E-state index contributed by atoms with van der Waals surface area (Å²) in [6.45, 7) is 10.6. The molecule has 0 radical (unpaired) electrons. The van der Waals surface area contributed by atoms with Gasteiger partial charge in [-0.25, -0.2) is 0 Å². The highest BCUT2D eigenvalue weighted by atomic mass is 16.4. The highest BCUT2D eigenvalue weighted by molar-refractivity contribution is 5.85. The van der Waals surface area contributed by atoms with Crippen molar-refractivity contribution in [1.82, 2.24) is 4.90 Å². The van der Waals surface area contributed by atoms with E-state index in [1.807, 2.05) is 13.8 Å². The Morgan fingerprint density at radius 1 is 1.21 bits per heavy atom. The molecular formula is C14H31N3O2. The maximum absolute atomic E-state index is 8.89. The molecule has 114 valence electrons. The second-order valence-corrected chi connectivity index (χ2v) is 6.03. The van der Waals surface area contributed by atoms with Crippen molar-refractivity contribution in [3.63, 3.8) is 0 Å². The maximum Gasteiger partial charge on any atom is 0.144 e. The van der Waals surface area contributed by atoms with Crippen LogP contribution in [0.15, 0.2) is 5.16 Å². The number of hydrogen-bond donors (Lipinski definition) is 3. The number of aliphatic hydroxyl groups excluding tert-OH is 1. The highest BCUT2D eigenvalue weighted by Gasteiger charge is 2.22. The maximum atomic E-state index is 8.89. The first kappa shape index (κ1) is 18.2. The summed E-state index contributed by atoms with van der Waals surface area (Å²) in [5.41, 5.74) is 5.42. The molecule has 0 amide bonds. The Hall–Kier alpha value is -0.810. The Labute approximate surface area is 117 Å². The van der Waals surface area contributed by atoms with Crippen molar-refractivity contribution < 1.29 is 10.3 Å². The molecule has 0 aromatic carbocycles. The number of nitrogens with two attached hydrogens (primary N) is 1. The Balaban J connectivity index is 4.00. The predicted molar refractivity (Wildman–Crippen MR) is 79.5 cm³/mol. The third-order valence-corrected chi connectivity index (χ3v) is 3.63. The minimum atomic E-state index is -0.248. The van der Waals surface area contributed by atoms with Crippen LogP contribution >= 0.6 is 0 Å². The van der Waals surface area contributed by atoms with Gasteiger partial charge in [-0.1, -0.05) is 25.4 Å². The smallest absolute Gasteiger partial charge is 0.144 e. The molecule has 0 bridgehead atoms. The van der Waals surface area contributed by atoms with E-state index in [0.717, 1.165) is 38.8 Å². The topological polar surface area (TPSA) is 82.1 Å². The van der Waals surface area contributed by atoms with Gasteiger partial charge in [-0.05, 0) is 39.7 Å². The second kappa shape index (κ2) is 9.15. The molecule has 0 aliphatic heterocycles. The molecule has 0 aliphatic rings. The monoisotopic (exact) mass is 273 g/mol. The van der Waals surface area contributed by atoms with Crippen LogP contribution in [0.3, 0.4) is 0 Å². The summed E-state index contributed by atoms with van der Waals surface area (Å²) in [5.74, 6) is 0.300. The van der Waals surface area contributed by atoms with Gasteiger partial charge in [0.05, 0.1) is 0 Å². The van der Waals surface area contributed by atoms with Crippen LogP contribution in [0.2, 0.25) is 0 Å². The van der Waals surface area contributed by atoms with Gasteiger partial charge in [0.2, 0.25) is 0 Å². The van der Waals surface area contributed by atoms with E-state index < -0.39 is 0 Å². The van der Waals surface area contributed by atoms with Crippen LogP contribution in [0.5, 0.6) is 0 Å². The zero-order valence-electron chi connectivity index (χ0n) is 12.9. The van der Waals surface area contributed by atoms with E-state index in [-0.39, 0.29) is 12.0 Å². The van der Waals surface area contributed by atoms with Crippen molar-refractivity contribution in [2.45, 2.75) is 59.4 Å². The number of hydrogen-bond acceptors (Lipinski definition) is 4. The fourth-order valence-electron chi connectivity index (χ4n) is 2.05. The summed E-state index contributed by atoms with van der Waals surface area (Å²) >= 11 is 0. The molecule has 0 aliphatic carbocycles. The van der Waals surface area contributed by atoms with Crippen LogP contribution in [0.25, 0.3) is 0 Å². The van der Waals surface area contributed by atoms with Crippen LogP contribution in [-0.2, 0) is 0 Å². The van der Waals surface area contributed by atoms with Crippen molar-refractivity contribution in [2.75, 3.05) is 19.7 Å². The second-order valence-electron chi connectivity index (χ2n) is 6.03. The average Bonchev–Trinajstić information content (AvgIpc) is 2.36. The summed E-state index contributed by atoms with van der Waals surface area (Å²) in [6.07, 6.45) is 3.87. The van der Waals surface area contributed by atoms with E-state index in [1.165, 1.54) is 0 Å². The summed E-state index contributed by atoms with van der Waals surface area (Å²) < 4.78 is 0. The molecule has 0 spiro atoms. The molecule has 5 nitrogen and oxygen atoms in total. The molecule has 0 aromatic heterocycles. The molecule has 0 atom stereocenters. The van der Waals surface area contributed by atoms with Gasteiger partial charge in [0.15, 0.2) is 0 Å². The first-order valence-electron chi connectivity index (χ1n) is 7.18. The lowest BCUT2D eigenvalue weighted by atomic mass is 9.86. The standard InChI is InChI=1S/C14H31N3O2/c1-12(2)17(10-7-11-18)9-6-5-8-14(3,4)13(15)16-19/h12,18-19H,5-11H2,1-4H3,(H2,15,16). The summed E-state index contributed by atoms with van der Waals surface area (Å²) in [5, 5.41) is 20.7. The van der Waals surface area contributed by atoms with Gasteiger partial charge in [-0.15, -0.1) is 0 Å². The highest BCUT2D eigenvalue weighted by Crippen LogP contribution is 2.23. The van der Waals surface area contributed by atoms with Crippen LogP contribution in [0, 0.1) is 5.41 Å². The van der Waals surface area contributed by atoms with Gasteiger partial charge in [-0.2, -0.15) is 0 Å². The number of aliphatic hydroxyl groups is 1.